The number of nitrogens with zero attached hydrogens (tertiary/aromatic N) is 2. The number of thiophene rings is 1. The maximum absolute atomic E-state index is 12.6. The Morgan fingerprint density at radius 1 is 1.42 bits per heavy atom. The molecule has 2 aromatic rings. The first-order valence-corrected chi connectivity index (χ1v) is 9.12. The standard InChI is InChI=1S/C17H21N3O3S/c1-10-15(11-5-7-20(10)8-6-11)19-16(21)12-3-4-13(24-12)17-18-9-14(22-2)23-17/h3-4,9-11,15H,5-8H2,1-2H3,(H,19,21)/t10-,15-/m0/s1. The Bertz CT molecular complexity index is 731. The Hall–Kier alpha value is -1.86. The highest BCUT2D eigenvalue weighted by atomic mass is 32.1. The summed E-state index contributed by atoms with van der Waals surface area (Å²) < 4.78 is 10.5. The summed E-state index contributed by atoms with van der Waals surface area (Å²) in [6, 6.07) is 4.35. The number of amides is 1. The second kappa shape index (κ2) is 6.22. The van der Waals surface area contributed by atoms with Gasteiger partial charge in [0.05, 0.1) is 16.9 Å². The van der Waals surface area contributed by atoms with Crippen LogP contribution in [0.2, 0.25) is 0 Å². The quantitative estimate of drug-likeness (QED) is 0.921. The zero-order valence-electron chi connectivity index (χ0n) is 13.8. The lowest BCUT2D eigenvalue weighted by atomic mass is 9.79. The molecule has 7 heteroatoms. The molecule has 24 heavy (non-hydrogen) atoms. The van der Waals surface area contributed by atoms with Crippen molar-refractivity contribution in [2.24, 2.45) is 5.92 Å². The van der Waals surface area contributed by atoms with Crippen molar-refractivity contribution >= 4 is 17.2 Å². The second-order valence-corrected chi connectivity index (χ2v) is 7.55. The van der Waals surface area contributed by atoms with Crippen molar-refractivity contribution in [3.05, 3.63) is 23.2 Å². The van der Waals surface area contributed by atoms with Crippen LogP contribution in [0.1, 0.15) is 29.4 Å². The summed E-state index contributed by atoms with van der Waals surface area (Å²) in [6.07, 6.45) is 3.89. The van der Waals surface area contributed by atoms with Crippen molar-refractivity contribution in [3.8, 4) is 16.7 Å². The number of carbonyl (C=O) groups excluding carboxylic acids is 1. The molecule has 3 aliphatic heterocycles. The minimum Gasteiger partial charge on any atom is -0.467 e. The number of aromatic nitrogens is 1. The van der Waals surface area contributed by atoms with Gasteiger partial charge in [0.25, 0.3) is 5.91 Å². The Labute approximate surface area is 144 Å². The van der Waals surface area contributed by atoms with Crippen molar-refractivity contribution in [1.29, 1.82) is 0 Å². The van der Waals surface area contributed by atoms with Crippen molar-refractivity contribution in [2.75, 3.05) is 20.2 Å². The highest BCUT2D eigenvalue weighted by Gasteiger charge is 2.40. The number of hydrogen-bond donors (Lipinski definition) is 1. The highest BCUT2D eigenvalue weighted by Crippen LogP contribution is 2.33. The van der Waals surface area contributed by atoms with Crippen LogP contribution in [-0.4, -0.2) is 48.1 Å². The van der Waals surface area contributed by atoms with Gasteiger partial charge in [-0.1, -0.05) is 0 Å². The fraction of sp³-hybridized carbons (Fsp3) is 0.529. The summed E-state index contributed by atoms with van der Waals surface area (Å²) in [5, 5.41) is 3.25. The van der Waals surface area contributed by atoms with Crippen LogP contribution < -0.4 is 10.1 Å². The van der Waals surface area contributed by atoms with E-state index in [1.807, 2.05) is 12.1 Å². The van der Waals surface area contributed by atoms with Gasteiger partial charge in [-0.2, -0.15) is 0 Å². The van der Waals surface area contributed by atoms with Crippen molar-refractivity contribution in [1.82, 2.24) is 15.2 Å². The summed E-state index contributed by atoms with van der Waals surface area (Å²) in [4.78, 5) is 20.8. The van der Waals surface area contributed by atoms with Crippen LogP contribution in [0.15, 0.2) is 22.7 Å². The third kappa shape index (κ3) is 2.71. The number of rotatable bonds is 4. The summed E-state index contributed by atoms with van der Waals surface area (Å²) >= 11 is 1.39. The number of fused-ring (bicyclic) bond motifs is 3. The molecule has 0 unspecified atom stereocenters. The lowest BCUT2D eigenvalue weighted by Gasteiger charge is -2.49. The van der Waals surface area contributed by atoms with E-state index in [1.165, 1.54) is 37.5 Å². The van der Waals surface area contributed by atoms with E-state index < -0.39 is 0 Å². The minimum absolute atomic E-state index is 0.00429. The van der Waals surface area contributed by atoms with Gasteiger partial charge in [0.15, 0.2) is 0 Å². The molecule has 0 aliphatic carbocycles. The van der Waals surface area contributed by atoms with Gasteiger partial charge in [0.1, 0.15) is 6.20 Å². The largest absolute Gasteiger partial charge is 0.467 e. The molecule has 128 valence electrons. The van der Waals surface area contributed by atoms with Crippen molar-refractivity contribution in [3.63, 3.8) is 0 Å². The zero-order valence-corrected chi connectivity index (χ0v) is 14.6. The predicted octanol–water partition coefficient (Wildman–Crippen LogP) is 2.62. The van der Waals surface area contributed by atoms with Gasteiger partial charge in [-0.25, -0.2) is 4.98 Å². The zero-order chi connectivity index (χ0) is 16.7. The summed E-state index contributed by atoms with van der Waals surface area (Å²) in [5.74, 6) is 1.44. The maximum atomic E-state index is 12.6. The van der Waals surface area contributed by atoms with E-state index in [1.54, 1.807) is 0 Å². The minimum atomic E-state index is -0.00429. The molecule has 2 aromatic heterocycles. The van der Waals surface area contributed by atoms with Gasteiger partial charge in [-0.3, -0.25) is 9.69 Å². The van der Waals surface area contributed by atoms with E-state index in [9.17, 15) is 4.79 Å². The van der Waals surface area contributed by atoms with E-state index in [2.05, 4.69) is 22.1 Å². The third-order valence-corrected chi connectivity index (χ3v) is 6.27. The van der Waals surface area contributed by atoms with Crippen LogP contribution in [0.25, 0.3) is 10.8 Å². The molecule has 6 nitrogen and oxygen atoms in total. The number of methoxy groups -OCH3 is 1. The molecular formula is C17H21N3O3S. The van der Waals surface area contributed by atoms with E-state index in [-0.39, 0.29) is 11.9 Å². The van der Waals surface area contributed by atoms with Crippen molar-refractivity contribution < 1.29 is 13.9 Å². The normalized spacial score (nSPS) is 28.8. The van der Waals surface area contributed by atoms with Crippen LogP contribution >= 0.6 is 11.3 Å². The molecule has 2 bridgehead atoms. The molecule has 5 rings (SSSR count). The Kier molecular flexibility index (Phi) is 4.05. The molecule has 5 heterocycles. The molecule has 3 fully saturated rings. The fourth-order valence-electron chi connectivity index (χ4n) is 3.81. The van der Waals surface area contributed by atoms with Gasteiger partial charge in [0, 0.05) is 12.1 Å². The number of ether oxygens (including phenoxy) is 1. The molecule has 2 atom stereocenters. The Balaban J connectivity index is 1.47. The summed E-state index contributed by atoms with van der Waals surface area (Å²) in [7, 11) is 1.53. The van der Waals surface area contributed by atoms with Gasteiger partial charge in [-0.15, -0.1) is 11.3 Å². The average Bonchev–Trinajstić information content (AvgIpc) is 3.27. The summed E-state index contributed by atoms with van der Waals surface area (Å²) in [6.45, 7) is 4.54. The van der Waals surface area contributed by atoms with Gasteiger partial charge >= 0.3 is 5.95 Å². The van der Waals surface area contributed by atoms with Crippen LogP contribution in [0.5, 0.6) is 5.95 Å². The fourth-order valence-corrected chi connectivity index (χ4v) is 4.65. The molecule has 3 aliphatic rings. The number of piperidine rings is 3. The first-order chi connectivity index (χ1) is 11.7. The Morgan fingerprint density at radius 3 is 2.88 bits per heavy atom. The lowest BCUT2D eigenvalue weighted by molar-refractivity contribution is 0.0218. The van der Waals surface area contributed by atoms with E-state index in [0.717, 1.165) is 18.0 Å². The van der Waals surface area contributed by atoms with E-state index in [0.29, 0.717) is 28.7 Å². The molecule has 0 aromatic carbocycles. The van der Waals surface area contributed by atoms with Crippen LogP contribution in [0.4, 0.5) is 0 Å². The molecule has 1 N–H and O–H groups in total. The topological polar surface area (TPSA) is 67.6 Å². The molecule has 0 saturated carbocycles. The van der Waals surface area contributed by atoms with Crippen LogP contribution in [0.3, 0.4) is 0 Å². The van der Waals surface area contributed by atoms with Gasteiger partial charge in [0.2, 0.25) is 5.89 Å². The Morgan fingerprint density at radius 2 is 2.21 bits per heavy atom. The lowest BCUT2D eigenvalue weighted by Crippen LogP contribution is -2.62. The van der Waals surface area contributed by atoms with E-state index in [4.69, 9.17) is 9.15 Å². The van der Waals surface area contributed by atoms with Gasteiger partial charge in [-0.05, 0) is 50.9 Å². The number of hydrogen-bond acceptors (Lipinski definition) is 6. The molecule has 0 radical (unpaired) electrons. The number of nitrogens with one attached hydrogen (secondary N) is 1. The number of oxazole rings is 1. The first-order valence-electron chi connectivity index (χ1n) is 8.30. The average molecular weight is 347 g/mol. The van der Waals surface area contributed by atoms with Crippen LogP contribution in [0, 0.1) is 5.92 Å². The monoisotopic (exact) mass is 347 g/mol. The second-order valence-electron chi connectivity index (χ2n) is 6.47. The smallest absolute Gasteiger partial charge is 0.305 e. The van der Waals surface area contributed by atoms with E-state index >= 15 is 0 Å². The number of carbonyl (C=O) groups is 1. The first kappa shape index (κ1) is 15.7. The SMILES string of the molecule is COc1cnc(-c2ccc(C(=O)N[C@@H]3C4CCN(CC4)[C@H]3C)s2)o1. The molecule has 3 saturated heterocycles. The molecule has 0 spiro atoms. The summed E-state index contributed by atoms with van der Waals surface area (Å²) in [5.41, 5.74) is 0. The van der Waals surface area contributed by atoms with Crippen LogP contribution in [-0.2, 0) is 0 Å². The predicted molar refractivity (Wildman–Crippen MR) is 91.4 cm³/mol. The third-order valence-electron chi connectivity index (χ3n) is 5.20. The van der Waals surface area contributed by atoms with Crippen molar-refractivity contribution in [2.45, 2.75) is 31.8 Å². The van der Waals surface area contributed by atoms with Gasteiger partial charge < -0.3 is 14.5 Å². The highest BCUT2D eigenvalue weighted by molar-refractivity contribution is 7.17. The maximum Gasteiger partial charge on any atom is 0.305 e. The molecular weight excluding hydrogens is 326 g/mol. The molecule has 1 amide bonds.